The number of rotatable bonds is 4. The number of nitrogens with two attached hydrogens (primary N) is 1. The van der Waals surface area contributed by atoms with Crippen molar-refractivity contribution in [1.82, 2.24) is 4.31 Å². The summed E-state index contributed by atoms with van der Waals surface area (Å²) in [6.45, 7) is 2.34. The third-order valence-corrected chi connectivity index (χ3v) is 5.61. The van der Waals surface area contributed by atoms with Crippen LogP contribution < -0.4 is 5.73 Å². The minimum Gasteiger partial charge on any atom is -0.469 e. The lowest BCUT2D eigenvalue weighted by molar-refractivity contribution is -0.144. The first-order valence-corrected chi connectivity index (χ1v) is 8.23. The molecule has 6 nitrogen and oxygen atoms in total. The highest BCUT2D eigenvalue weighted by Gasteiger charge is 2.36. The van der Waals surface area contributed by atoms with Crippen LogP contribution in [0.15, 0.2) is 29.2 Å². The number of carbonyl (C=O) groups excluding carboxylic acids is 1. The molecule has 0 bridgehead atoms. The molecule has 0 radical (unpaired) electrons. The van der Waals surface area contributed by atoms with Gasteiger partial charge >= 0.3 is 5.97 Å². The second-order valence-corrected chi connectivity index (χ2v) is 7.17. The lowest BCUT2D eigenvalue weighted by Crippen LogP contribution is -2.30. The summed E-state index contributed by atoms with van der Waals surface area (Å²) < 4.78 is 31.0. The van der Waals surface area contributed by atoms with Crippen molar-refractivity contribution in [2.24, 2.45) is 11.7 Å². The van der Waals surface area contributed by atoms with E-state index in [2.05, 4.69) is 4.74 Å². The minimum atomic E-state index is -3.57. The molecule has 1 aliphatic rings. The van der Waals surface area contributed by atoms with E-state index in [0.29, 0.717) is 13.0 Å². The Hall–Kier alpha value is -1.44. The van der Waals surface area contributed by atoms with Gasteiger partial charge in [0.05, 0.1) is 17.9 Å². The van der Waals surface area contributed by atoms with Gasteiger partial charge in [0.1, 0.15) is 0 Å². The summed E-state index contributed by atoms with van der Waals surface area (Å²) in [5.41, 5.74) is 6.63. The van der Waals surface area contributed by atoms with E-state index >= 15 is 0 Å². The molecule has 2 unspecified atom stereocenters. The first kappa shape index (κ1) is 15.9. The van der Waals surface area contributed by atoms with Crippen molar-refractivity contribution in [3.63, 3.8) is 0 Å². The average molecular weight is 312 g/mol. The van der Waals surface area contributed by atoms with Crippen molar-refractivity contribution in [2.75, 3.05) is 20.2 Å². The molecule has 21 heavy (non-hydrogen) atoms. The summed E-state index contributed by atoms with van der Waals surface area (Å²) >= 11 is 0. The van der Waals surface area contributed by atoms with E-state index in [-0.39, 0.29) is 29.4 Å². The molecule has 7 heteroatoms. The van der Waals surface area contributed by atoms with Gasteiger partial charge in [-0.3, -0.25) is 4.79 Å². The zero-order chi connectivity index (χ0) is 15.6. The molecule has 0 spiro atoms. The van der Waals surface area contributed by atoms with Gasteiger partial charge in [0.15, 0.2) is 0 Å². The van der Waals surface area contributed by atoms with Crippen LogP contribution in [0, 0.1) is 5.92 Å². The van der Waals surface area contributed by atoms with E-state index in [1.54, 1.807) is 24.3 Å². The number of benzene rings is 1. The highest BCUT2D eigenvalue weighted by atomic mass is 32.2. The Balaban J connectivity index is 2.17. The van der Waals surface area contributed by atoms with Gasteiger partial charge < -0.3 is 10.5 Å². The third-order valence-electron chi connectivity index (χ3n) is 3.73. The van der Waals surface area contributed by atoms with Gasteiger partial charge in [0.2, 0.25) is 10.0 Å². The molecule has 116 valence electrons. The zero-order valence-electron chi connectivity index (χ0n) is 12.2. The van der Waals surface area contributed by atoms with E-state index in [0.717, 1.165) is 5.56 Å². The number of methoxy groups -OCH3 is 1. The SMILES string of the molecule is COC(=O)C1CCN(S(=O)(=O)c2ccc(C(C)N)cc2)C1. The molecule has 1 aliphatic heterocycles. The minimum absolute atomic E-state index is 0.141. The number of sulfonamides is 1. The Bertz CT molecular complexity index is 610. The largest absolute Gasteiger partial charge is 0.469 e. The number of carbonyl (C=O) groups is 1. The van der Waals surface area contributed by atoms with Crippen LogP contribution in [0.2, 0.25) is 0 Å². The molecule has 1 saturated heterocycles. The van der Waals surface area contributed by atoms with Gasteiger partial charge in [0.25, 0.3) is 0 Å². The van der Waals surface area contributed by atoms with Gasteiger partial charge in [0, 0.05) is 19.1 Å². The summed E-state index contributed by atoms with van der Waals surface area (Å²) in [5, 5.41) is 0. The number of ether oxygens (including phenoxy) is 1. The molecule has 1 heterocycles. The molecule has 1 aromatic rings. The van der Waals surface area contributed by atoms with Crippen LogP contribution in [0.3, 0.4) is 0 Å². The topological polar surface area (TPSA) is 89.7 Å². The summed E-state index contributed by atoms with van der Waals surface area (Å²) in [5.74, 6) is -0.742. The van der Waals surface area contributed by atoms with E-state index in [1.165, 1.54) is 11.4 Å². The van der Waals surface area contributed by atoms with Crippen LogP contribution >= 0.6 is 0 Å². The summed E-state index contributed by atoms with van der Waals surface area (Å²) in [4.78, 5) is 11.7. The predicted octanol–water partition coefficient (Wildman–Crippen LogP) is 0.890. The van der Waals surface area contributed by atoms with Crippen LogP contribution in [-0.4, -0.2) is 38.9 Å². The Morgan fingerprint density at radius 2 is 2.00 bits per heavy atom. The molecule has 0 aliphatic carbocycles. The molecule has 1 aromatic carbocycles. The summed E-state index contributed by atoms with van der Waals surface area (Å²) in [6, 6.07) is 6.40. The van der Waals surface area contributed by atoms with Crippen LogP contribution in [0.5, 0.6) is 0 Å². The molecule has 0 amide bonds. The molecular weight excluding hydrogens is 292 g/mol. The first-order chi connectivity index (χ1) is 9.86. The van der Waals surface area contributed by atoms with E-state index in [1.807, 2.05) is 6.92 Å². The fourth-order valence-corrected chi connectivity index (χ4v) is 3.90. The molecule has 1 fully saturated rings. The maximum atomic E-state index is 12.5. The van der Waals surface area contributed by atoms with Gasteiger partial charge in [-0.15, -0.1) is 0 Å². The lowest BCUT2D eigenvalue weighted by Gasteiger charge is -2.16. The van der Waals surface area contributed by atoms with Gasteiger partial charge in [-0.05, 0) is 31.0 Å². The number of esters is 1. The van der Waals surface area contributed by atoms with Crippen molar-refractivity contribution in [2.45, 2.75) is 24.3 Å². The highest BCUT2D eigenvalue weighted by Crippen LogP contribution is 2.25. The van der Waals surface area contributed by atoms with Crippen molar-refractivity contribution >= 4 is 16.0 Å². The van der Waals surface area contributed by atoms with Crippen molar-refractivity contribution < 1.29 is 17.9 Å². The standard InChI is InChI=1S/C14H20N2O4S/c1-10(15)11-3-5-13(6-4-11)21(18,19)16-8-7-12(9-16)14(17)20-2/h3-6,10,12H,7-9,15H2,1-2H3. The second kappa shape index (κ2) is 6.13. The van der Waals surface area contributed by atoms with Gasteiger partial charge in [-0.25, -0.2) is 8.42 Å². The van der Waals surface area contributed by atoms with Crippen molar-refractivity contribution in [1.29, 1.82) is 0 Å². The van der Waals surface area contributed by atoms with Crippen LogP contribution in [0.4, 0.5) is 0 Å². The van der Waals surface area contributed by atoms with Crippen LogP contribution in [0.25, 0.3) is 0 Å². The third kappa shape index (κ3) is 3.25. The number of hydrogen-bond acceptors (Lipinski definition) is 5. The first-order valence-electron chi connectivity index (χ1n) is 6.79. The van der Waals surface area contributed by atoms with E-state index < -0.39 is 10.0 Å². The van der Waals surface area contributed by atoms with Gasteiger partial charge in [-0.2, -0.15) is 4.31 Å². The quantitative estimate of drug-likeness (QED) is 0.834. The van der Waals surface area contributed by atoms with Crippen molar-refractivity contribution in [3.05, 3.63) is 29.8 Å². The Morgan fingerprint density at radius 3 is 2.52 bits per heavy atom. The molecular formula is C14H20N2O4S. The van der Waals surface area contributed by atoms with Gasteiger partial charge in [-0.1, -0.05) is 12.1 Å². The number of nitrogens with zero attached hydrogens (tertiary/aromatic N) is 1. The maximum absolute atomic E-state index is 12.5. The highest BCUT2D eigenvalue weighted by molar-refractivity contribution is 7.89. The lowest BCUT2D eigenvalue weighted by atomic mass is 10.1. The monoisotopic (exact) mass is 312 g/mol. The van der Waals surface area contributed by atoms with Crippen LogP contribution in [-0.2, 0) is 19.6 Å². The molecule has 2 rings (SSSR count). The summed E-state index contributed by atoms with van der Waals surface area (Å²) in [6.07, 6.45) is 0.490. The Morgan fingerprint density at radius 1 is 1.38 bits per heavy atom. The van der Waals surface area contributed by atoms with E-state index in [9.17, 15) is 13.2 Å². The fourth-order valence-electron chi connectivity index (χ4n) is 2.40. The summed E-state index contributed by atoms with van der Waals surface area (Å²) in [7, 11) is -2.26. The fraction of sp³-hybridized carbons (Fsp3) is 0.500. The molecule has 0 aromatic heterocycles. The second-order valence-electron chi connectivity index (χ2n) is 5.23. The Kier molecular flexibility index (Phi) is 4.65. The average Bonchev–Trinajstić information content (AvgIpc) is 2.97. The predicted molar refractivity (Wildman–Crippen MR) is 77.9 cm³/mol. The van der Waals surface area contributed by atoms with Crippen LogP contribution in [0.1, 0.15) is 24.9 Å². The van der Waals surface area contributed by atoms with E-state index in [4.69, 9.17) is 5.73 Å². The van der Waals surface area contributed by atoms with Crippen molar-refractivity contribution in [3.8, 4) is 0 Å². The normalized spacial score (nSPS) is 21.2. The smallest absolute Gasteiger partial charge is 0.310 e. The molecule has 2 atom stereocenters. The maximum Gasteiger partial charge on any atom is 0.310 e. The molecule has 2 N–H and O–H groups in total. The Labute approximate surface area is 124 Å². The number of hydrogen-bond donors (Lipinski definition) is 1. The molecule has 0 saturated carbocycles. The zero-order valence-corrected chi connectivity index (χ0v) is 13.0.